The van der Waals surface area contributed by atoms with E-state index in [1.807, 2.05) is 39.8 Å². The Bertz CT molecular complexity index is 1420. The van der Waals surface area contributed by atoms with E-state index in [9.17, 15) is 9.59 Å². The predicted molar refractivity (Wildman–Crippen MR) is 151 cm³/mol. The summed E-state index contributed by atoms with van der Waals surface area (Å²) in [6, 6.07) is 7.39. The largest absolute Gasteiger partial charge is 0.444 e. The van der Waals surface area contributed by atoms with Gasteiger partial charge in [0.1, 0.15) is 16.3 Å². The second-order valence-electron chi connectivity index (χ2n) is 11.9. The first-order valence-electron chi connectivity index (χ1n) is 13.5. The van der Waals surface area contributed by atoms with Crippen molar-refractivity contribution in [2.45, 2.75) is 82.5 Å². The van der Waals surface area contributed by atoms with Crippen LogP contribution in [-0.4, -0.2) is 63.8 Å². The standard InChI is InChI=1S/C29H33ClN4O4S/c1-15-31-25(21-7-8-39-27(21)32-15)23-12-22(23)20-6-5-16(9-24(20)30)26(35)33-17-10-18-13-37-14-19(11-17)34(18)28(36)38-29(2,3)4/h5-9,17-19,22-23H,10-14H2,1-4H3,(H,33,35)/t17?,18-,19+,22?,23?. The Balaban J connectivity index is 1.11. The van der Waals surface area contributed by atoms with Gasteiger partial charge in [-0.3, -0.25) is 9.69 Å². The highest BCUT2D eigenvalue weighted by Crippen LogP contribution is 2.57. The number of thiophene rings is 1. The molecule has 2 saturated heterocycles. The molecule has 2 aromatic heterocycles. The van der Waals surface area contributed by atoms with Crippen LogP contribution in [-0.2, 0) is 9.47 Å². The summed E-state index contributed by atoms with van der Waals surface area (Å²) in [6.07, 6.45) is 1.90. The predicted octanol–water partition coefficient (Wildman–Crippen LogP) is 5.82. The molecule has 6 rings (SSSR count). The summed E-state index contributed by atoms with van der Waals surface area (Å²) in [6.45, 7) is 8.40. The number of nitrogens with one attached hydrogen (secondary N) is 1. The maximum Gasteiger partial charge on any atom is 0.410 e. The van der Waals surface area contributed by atoms with Crippen LogP contribution in [0.2, 0.25) is 5.02 Å². The first-order valence-corrected chi connectivity index (χ1v) is 14.7. The van der Waals surface area contributed by atoms with Gasteiger partial charge in [0, 0.05) is 27.9 Å². The van der Waals surface area contributed by atoms with Gasteiger partial charge in [-0.2, -0.15) is 0 Å². The number of fused-ring (bicyclic) bond motifs is 3. The summed E-state index contributed by atoms with van der Waals surface area (Å²) in [7, 11) is 0. The van der Waals surface area contributed by atoms with E-state index in [-0.39, 0.29) is 36.0 Å². The smallest absolute Gasteiger partial charge is 0.410 e. The highest BCUT2D eigenvalue weighted by molar-refractivity contribution is 7.16. The molecule has 2 bridgehead atoms. The quantitative estimate of drug-likeness (QED) is 0.426. The first-order chi connectivity index (χ1) is 18.6. The van der Waals surface area contributed by atoms with E-state index in [4.69, 9.17) is 26.1 Å². The summed E-state index contributed by atoms with van der Waals surface area (Å²) in [5.74, 6) is 1.22. The number of amides is 2. The molecule has 1 aliphatic carbocycles. The molecule has 2 amide bonds. The van der Waals surface area contributed by atoms with Gasteiger partial charge in [-0.15, -0.1) is 11.3 Å². The number of aromatic nitrogens is 2. The van der Waals surface area contributed by atoms with Crippen LogP contribution >= 0.6 is 22.9 Å². The second-order valence-corrected chi connectivity index (χ2v) is 13.2. The zero-order valence-electron chi connectivity index (χ0n) is 22.6. The van der Waals surface area contributed by atoms with Gasteiger partial charge in [-0.25, -0.2) is 14.8 Å². The maximum atomic E-state index is 13.2. The number of carbonyl (C=O) groups is 2. The van der Waals surface area contributed by atoms with Crippen LogP contribution in [0.1, 0.15) is 79.3 Å². The van der Waals surface area contributed by atoms with Crippen LogP contribution in [0.5, 0.6) is 0 Å². The normalized spacial score (nSPS) is 26.4. The van der Waals surface area contributed by atoms with E-state index in [1.165, 1.54) is 0 Å². The van der Waals surface area contributed by atoms with Crippen LogP contribution in [0.25, 0.3) is 10.2 Å². The topological polar surface area (TPSA) is 93.7 Å². The van der Waals surface area contributed by atoms with Crippen LogP contribution < -0.4 is 5.32 Å². The minimum Gasteiger partial charge on any atom is -0.444 e. The molecule has 206 valence electrons. The van der Waals surface area contributed by atoms with Crippen LogP contribution in [0.15, 0.2) is 29.6 Å². The van der Waals surface area contributed by atoms with Gasteiger partial charge in [-0.1, -0.05) is 17.7 Å². The molecule has 1 saturated carbocycles. The minimum absolute atomic E-state index is 0.0598. The van der Waals surface area contributed by atoms with Gasteiger partial charge < -0.3 is 14.8 Å². The van der Waals surface area contributed by atoms with Crippen molar-refractivity contribution in [2.75, 3.05) is 13.2 Å². The third-order valence-electron chi connectivity index (χ3n) is 7.73. The van der Waals surface area contributed by atoms with Crippen molar-refractivity contribution < 1.29 is 19.1 Å². The van der Waals surface area contributed by atoms with Crippen LogP contribution in [0.4, 0.5) is 4.79 Å². The molecule has 8 nitrogen and oxygen atoms in total. The fraction of sp³-hybridized carbons (Fsp3) is 0.517. The Kier molecular flexibility index (Phi) is 6.80. The molecule has 1 aromatic carbocycles. The highest BCUT2D eigenvalue weighted by Gasteiger charge is 2.45. The fourth-order valence-electron chi connectivity index (χ4n) is 6.00. The number of benzene rings is 1. The van der Waals surface area contributed by atoms with Crippen molar-refractivity contribution in [2.24, 2.45) is 0 Å². The van der Waals surface area contributed by atoms with Crippen LogP contribution in [0.3, 0.4) is 0 Å². The number of hydrogen-bond donors (Lipinski definition) is 1. The van der Waals surface area contributed by atoms with E-state index in [1.54, 1.807) is 22.3 Å². The molecule has 5 atom stereocenters. The number of morpholine rings is 1. The highest BCUT2D eigenvalue weighted by atomic mass is 35.5. The lowest BCUT2D eigenvalue weighted by Crippen LogP contribution is -2.63. The third-order valence-corrected chi connectivity index (χ3v) is 8.86. The van der Waals surface area contributed by atoms with E-state index in [0.29, 0.717) is 42.6 Å². The SMILES string of the molecule is Cc1nc(C2CC2c2ccc(C(=O)NC3C[C@H]4COC[C@@H](C3)N4C(=O)OC(C)(C)C)cc2Cl)c2ccsc2n1. The van der Waals surface area contributed by atoms with Gasteiger partial charge in [0.05, 0.1) is 31.0 Å². The van der Waals surface area contributed by atoms with Crippen molar-refractivity contribution in [1.29, 1.82) is 0 Å². The van der Waals surface area contributed by atoms with Crippen LogP contribution in [0, 0.1) is 6.92 Å². The first kappa shape index (κ1) is 26.5. The van der Waals surface area contributed by atoms with E-state index < -0.39 is 5.60 Å². The van der Waals surface area contributed by atoms with Crippen molar-refractivity contribution in [3.8, 4) is 0 Å². The molecule has 1 N–H and O–H groups in total. The van der Waals surface area contributed by atoms with Gasteiger partial charge in [0.15, 0.2) is 0 Å². The van der Waals surface area contributed by atoms with E-state index >= 15 is 0 Å². The number of hydrogen-bond acceptors (Lipinski definition) is 7. The van der Waals surface area contributed by atoms with Crippen molar-refractivity contribution in [3.63, 3.8) is 0 Å². The Hall–Kier alpha value is -2.75. The molecule has 0 radical (unpaired) electrons. The molecule has 39 heavy (non-hydrogen) atoms. The lowest BCUT2D eigenvalue weighted by atomic mass is 9.90. The van der Waals surface area contributed by atoms with Gasteiger partial charge in [0.25, 0.3) is 5.91 Å². The Morgan fingerprint density at radius 2 is 1.85 bits per heavy atom. The summed E-state index contributed by atoms with van der Waals surface area (Å²) in [5, 5.41) is 6.96. The van der Waals surface area contributed by atoms with Crippen molar-refractivity contribution in [1.82, 2.24) is 20.2 Å². The summed E-state index contributed by atoms with van der Waals surface area (Å²) in [5.41, 5.74) is 2.12. The second kappa shape index (κ2) is 10.0. The summed E-state index contributed by atoms with van der Waals surface area (Å²) < 4.78 is 11.4. The number of nitrogens with zero attached hydrogens (tertiary/aromatic N) is 3. The molecule has 2 aliphatic heterocycles. The molecular formula is C29H33ClN4O4S. The molecule has 3 unspecified atom stereocenters. The number of ether oxygens (including phenoxy) is 2. The Morgan fingerprint density at radius 3 is 2.54 bits per heavy atom. The number of piperidine rings is 1. The van der Waals surface area contributed by atoms with E-state index in [2.05, 4.69) is 21.7 Å². The van der Waals surface area contributed by atoms with Gasteiger partial charge in [-0.05, 0) is 82.0 Å². The molecule has 4 heterocycles. The lowest BCUT2D eigenvalue weighted by molar-refractivity contribution is -0.0835. The zero-order chi connectivity index (χ0) is 27.5. The molecule has 3 fully saturated rings. The molecular weight excluding hydrogens is 536 g/mol. The van der Waals surface area contributed by atoms with Crippen molar-refractivity contribution in [3.05, 3.63) is 57.3 Å². The molecule has 0 spiro atoms. The lowest BCUT2D eigenvalue weighted by Gasteiger charge is -2.48. The summed E-state index contributed by atoms with van der Waals surface area (Å²) in [4.78, 5) is 38.2. The fourth-order valence-corrected chi connectivity index (χ4v) is 7.13. The monoisotopic (exact) mass is 568 g/mol. The third kappa shape index (κ3) is 5.36. The van der Waals surface area contributed by atoms with Gasteiger partial charge in [0.2, 0.25) is 0 Å². The summed E-state index contributed by atoms with van der Waals surface area (Å²) >= 11 is 8.37. The molecule has 3 aromatic rings. The van der Waals surface area contributed by atoms with Crippen molar-refractivity contribution >= 4 is 45.2 Å². The Morgan fingerprint density at radius 1 is 1.10 bits per heavy atom. The number of aryl methyl sites for hydroxylation is 1. The average molecular weight is 569 g/mol. The maximum absolute atomic E-state index is 13.2. The number of rotatable bonds is 4. The average Bonchev–Trinajstić information content (AvgIpc) is 3.49. The number of halogens is 1. The van der Waals surface area contributed by atoms with Gasteiger partial charge >= 0.3 is 6.09 Å². The molecule has 3 aliphatic rings. The zero-order valence-corrected chi connectivity index (χ0v) is 24.1. The number of carbonyl (C=O) groups excluding carboxylic acids is 2. The minimum atomic E-state index is -0.562. The molecule has 10 heteroatoms. The Labute approximate surface area is 237 Å². The van der Waals surface area contributed by atoms with E-state index in [0.717, 1.165) is 33.7 Å².